The van der Waals surface area contributed by atoms with Crippen LogP contribution in [0.3, 0.4) is 0 Å². The molecule has 0 saturated heterocycles. The molecule has 0 radical (unpaired) electrons. The number of aliphatic hydroxyl groups is 1. The van der Waals surface area contributed by atoms with E-state index in [-0.39, 0.29) is 6.61 Å². The molecule has 0 atom stereocenters. The Bertz CT molecular complexity index is 522. The highest BCUT2D eigenvalue weighted by atomic mass is 16.3. The van der Waals surface area contributed by atoms with Gasteiger partial charge in [0.1, 0.15) is 0 Å². The molecule has 1 aromatic carbocycles. The van der Waals surface area contributed by atoms with E-state index in [2.05, 4.69) is 10.6 Å². The lowest BCUT2D eigenvalue weighted by atomic mass is 10.2. The summed E-state index contributed by atoms with van der Waals surface area (Å²) in [5, 5.41) is 18.9. The van der Waals surface area contributed by atoms with E-state index in [9.17, 15) is 5.11 Å². The van der Waals surface area contributed by atoms with E-state index in [0.29, 0.717) is 6.42 Å². The molecule has 3 heteroatoms. The topological polar surface area (TPSA) is 49.0 Å². The van der Waals surface area contributed by atoms with Gasteiger partial charge >= 0.3 is 0 Å². The molecule has 1 aromatic heterocycles. The van der Waals surface area contributed by atoms with Crippen molar-refractivity contribution in [3.8, 4) is 6.07 Å². The van der Waals surface area contributed by atoms with Crippen molar-refractivity contribution in [3.05, 3.63) is 36.0 Å². The predicted octanol–water partition coefficient (Wildman–Crippen LogP) is 2.44. The molecule has 2 rings (SSSR count). The average molecular weight is 214 g/mol. The maximum Gasteiger partial charge on any atom is 0.0702 e. The Balaban J connectivity index is 2.34. The number of para-hydroxylation sites is 1. The monoisotopic (exact) mass is 214 g/mol. The summed E-state index contributed by atoms with van der Waals surface area (Å²) in [6.45, 7) is 0.889. The molecule has 0 aliphatic rings. The molecule has 0 bridgehead atoms. The lowest BCUT2D eigenvalue weighted by Gasteiger charge is -2.02. The first kappa shape index (κ1) is 10.7. The minimum Gasteiger partial charge on any atom is -0.392 e. The molecule has 0 aliphatic carbocycles. The zero-order valence-electron chi connectivity index (χ0n) is 9.06. The largest absolute Gasteiger partial charge is 0.392 e. The van der Waals surface area contributed by atoms with Crippen LogP contribution in [-0.4, -0.2) is 9.67 Å². The van der Waals surface area contributed by atoms with Crippen molar-refractivity contribution in [3.63, 3.8) is 0 Å². The van der Waals surface area contributed by atoms with Crippen LogP contribution < -0.4 is 0 Å². The molecule has 0 aliphatic heterocycles. The summed E-state index contributed by atoms with van der Waals surface area (Å²) >= 11 is 0. The summed E-state index contributed by atoms with van der Waals surface area (Å²) in [6.07, 6.45) is 3.39. The zero-order valence-corrected chi connectivity index (χ0v) is 9.06. The number of hydrogen-bond acceptors (Lipinski definition) is 2. The van der Waals surface area contributed by atoms with Crippen LogP contribution in [-0.2, 0) is 13.2 Å². The molecule has 0 unspecified atom stereocenters. The Morgan fingerprint density at radius 3 is 2.88 bits per heavy atom. The van der Waals surface area contributed by atoms with Crippen molar-refractivity contribution in [2.24, 2.45) is 0 Å². The second kappa shape index (κ2) is 4.82. The van der Waals surface area contributed by atoms with Crippen molar-refractivity contribution in [1.29, 1.82) is 5.26 Å². The Labute approximate surface area is 94.5 Å². The summed E-state index contributed by atoms with van der Waals surface area (Å²) in [7, 11) is 0. The Kier molecular flexibility index (Phi) is 3.23. The van der Waals surface area contributed by atoms with Gasteiger partial charge in [-0.15, -0.1) is 0 Å². The first-order chi connectivity index (χ1) is 7.86. The number of benzene rings is 1. The van der Waals surface area contributed by atoms with Crippen molar-refractivity contribution in [2.45, 2.75) is 26.0 Å². The van der Waals surface area contributed by atoms with E-state index in [1.54, 1.807) is 0 Å². The van der Waals surface area contributed by atoms with Gasteiger partial charge in [-0.25, -0.2) is 0 Å². The first-order valence-electron chi connectivity index (χ1n) is 5.41. The SMILES string of the molecule is N#CCCCn1cc(CO)c2ccccc21. The number of rotatable bonds is 4. The number of unbranched alkanes of at least 4 members (excludes halogenated alkanes) is 1. The predicted molar refractivity (Wildman–Crippen MR) is 62.7 cm³/mol. The van der Waals surface area contributed by atoms with Crippen LogP contribution in [0, 0.1) is 11.3 Å². The zero-order chi connectivity index (χ0) is 11.4. The molecule has 0 spiro atoms. The fourth-order valence-corrected chi connectivity index (χ4v) is 1.96. The normalized spacial score (nSPS) is 10.5. The van der Waals surface area contributed by atoms with Crippen molar-refractivity contribution in [1.82, 2.24) is 4.57 Å². The van der Waals surface area contributed by atoms with Gasteiger partial charge in [-0.2, -0.15) is 5.26 Å². The highest BCUT2D eigenvalue weighted by Gasteiger charge is 2.06. The molecule has 1 heterocycles. The summed E-state index contributed by atoms with van der Waals surface area (Å²) in [5.74, 6) is 0. The maximum absolute atomic E-state index is 9.25. The van der Waals surface area contributed by atoms with Crippen LogP contribution in [0.1, 0.15) is 18.4 Å². The number of aromatic nitrogens is 1. The number of hydrogen-bond donors (Lipinski definition) is 1. The maximum atomic E-state index is 9.25. The fraction of sp³-hybridized carbons (Fsp3) is 0.308. The average Bonchev–Trinajstić information content (AvgIpc) is 2.68. The first-order valence-corrected chi connectivity index (χ1v) is 5.41. The lowest BCUT2D eigenvalue weighted by Crippen LogP contribution is -1.95. The number of nitriles is 1. The van der Waals surface area contributed by atoms with E-state index in [4.69, 9.17) is 5.26 Å². The molecule has 3 nitrogen and oxygen atoms in total. The van der Waals surface area contributed by atoms with Gasteiger partial charge in [-0.1, -0.05) is 18.2 Å². The minimum absolute atomic E-state index is 0.0613. The number of aliphatic hydroxyl groups excluding tert-OH is 1. The van der Waals surface area contributed by atoms with Crippen LogP contribution in [0.25, 0.3) is 10.9 Å². The Morgan fingerprint density at radius 1 is 1.31 bits per heavy atom. The van der Waals surface area contributed by atoms with E-state index in [1.165, 1.54) is 0 Å². The number of aryl methyl sites for hydroxylation is 1. The Hall–Kier alpha value is -1.79. The van der Waals surface area contributed by atoms with Crippen LogP contribution in [0.2, 0.25) is 0 Å². The standard InChI is InChI=1S/C13H14N2O/c14-7-3-4-8-15-9-11(10-16)12-5-1-2-6-13(12)15/h1-2,5-6,9,16H,3-4,8,10H2. The minimum atomic E-state index is 0.0613. The molecule has 0 saturated carbocycles. The Morgan fingerprint density at radius 2 is 2.12 bits per heavy atom. The smallest absolute Gasteiger partial charge is 0.0702 e. The molecule has 2 aromatic rings. The van der Waals surface area contributed by atoms with E-state index in [0.717, 1.165) is 29.4 Å². The molecule has 82 valence electrons. The quantitative estimate of drug-likeness (QED) is 0.795. The fourth-order valence-electron chi connectivity index (χ4n) is 1.96. The molecule has 0 fully saturated rings. The molecule has 0 amide bonds. The second-order valence-corrected chi connectivity index (χ2v) is 3.78. The van der Waals surface area contributed by atoms with Crippen molar-refractivity contribution < 1.29 is 5.11 Å². The van der Waals surface area contributed by atoms with E-state index in [1.807, 2.05) is 30.5 Å². The van der Waals surface area contributed by atoms with E-state index >= 15 is 0 Å². The molecule has 1 N–H and O–H groups in total. The highest BCUT2D eigenvalue weighted by molar-refractivity contribution is 5.83. The third-order valence-corrected chi connectivity index (χ3v) is 2.73. The lowest BCUT2D eigenvalue weighted by molar-refractivity contribution is 0.283. The van der Waals surface area contributed by atoms with Crippen molar-refractivity contribution >= 4 is 10.9 Å². The van der Waals surface area contributed by atoms with Gasteiger partial charge < -0.3 is 9.67 Å². The molecule has 16 heavy (non-hydrogen) atoms. The van der Waals surface area contributed by atoms with Crippen LogP contribution >= 0.6 is 0 Å². The van der Waals surface area contributed by atoms with Gasteiger partial charge in [0.25, 0.3) is 0 Å². The number of fused-ring (bicyclic) bond motifs is 1. The summed E-state index contributed by atoms with van der Waals surface area (Å²) < 4.78 is 2.11. The molecular weight excluding hydrogens is 200 g/mol. The van der Waals surface area contributed by atoms with Crippen LogP contribution in [0.4, 0.5) is 0 Å². The van der Waals surface area contributed by atoms with Gasteiger partial charge in [-0.3, -0.25) is 0 Å². The summed E-state index contributed by atoms with van der Waals surface area (Å²) in [5.41, 5.74) is 2.08. The van der Waals surface area contributed by atoms with Crippen molar-refractivity contribution in [2.75, 3.05) is 0 Å². The highest BCUT2D eigenvalue weighted by Crippen LogP contribution is 2.21. The van der Waals surface area contributed by atoms with E-state index < -0.39 is 0 Å². The summed E-state index contributed by atoms with van der Waals surface area (Å²) in [4.78, 5) is 0. The second-order valence-electron chi connectivity index (χ2n) is 3.78. The number of nitrogens with zero attached hydrogens (tertiary/aromatic N) is 2. The van der Waals surface area contributed by atoms with Gasteiger partial charge in [0.05, 0.1) is 12.7 Å². The van der Waals surface area contributed by atoms with Gasteiger partial charge in [0.2, 0.25) is 0 Å². The van der Waals surface area contributed by atoms with Gasteiger partial charge in [0.15, 0.2) is 0 Å². The summed E-state index contributed by atoms with van der Waals surface area (Å²) in [6, 6.07) is 10.2. The van der Waals surface area contributed by atoms with Gasteiger partial charge in [0, 0.05) is 35.6 Å². The van der Waals surface area contributed by atoms with Gasteiger partial charge in [-0.05, 0) is 12.5 Å². The van der Waals surface area contributed by atoms with Crippen LogP contribution in [0.5, 0.6) is 0 Å². The third-order valence-electron chi connectivity index (χ3n) is 2.73. The van der Waals surface area contributed by atoms with Crippen LogP contribution in [0.15, 0.2) is 30.5 Å². The third kappa shape index (κ3) is 1.93. The molecular formula is C13H14N2O.